The maximum Gasteiger partial charge on any atom is 0.244 e. The summed E-state index contributed by atoms with van der Waals surface area (Å²) in [5.41, 5.74) is 0.456. The van der Waals surface area contributed by atoms with Crippen LogP contribution in [0.4, 0.5) is 0 Å². The Morgan fingerprint density at radius 1 is 1.30 bits per heavy atom. The van der Waals surface area contributed by atoms with Crippen LogP contribution in [0, 0.1) is 16.7 Å². The monoisotopic (exact) mass is 292 g/mol. The van der Waals surface area contributed by atoms with Gasteiger partial charge in [-0.1, -0.05) is 32.4 Å². The van der Waals surface area contributed by atoms with Gasteiger partial charge in [-0.25, -0.2) is 8.42 Å². The molecule has 0 atom stereocenters. The van der Waals surface area contributed by atoms with Crippen molar-refractivity contribution in [3.8, 4) is 6.07 Å². The normalized spacial score (nSPS) is 19.4. The van der Waals surface area contributed by atoms with Crippen molar-refractivity contribution in [1.29, 1.82) is 5.26 Å². The fraction of sp³-hybridized carbons (Fsp3) is 0.533. The lowest BCUT2D eigenvalue weighted by Crippen LogP contribution is -2.42. The molecule has 0 aromatic heterocycles. The van der Waals surface area contributed by atoms with Crippen LogP contribution >= 0.6 is 0 Å². The molecule has 1 fully saturated rings. The van der Waals surface area contributed by atoms with Crippen LogP contribution in [-0.2, 0) is 10.0 Å². The zero-order chi connectivity index (χ0) is 14.8. The highest BCUT2D eigenvalue weighted by Gasteiger charge is 2.35. The number of hydrogen-bond acceptors (Lipinski definition) is 3. The van der Waals surface area contributed by atoms with Crippen molar-refractivity contribution in [1.82, 2.24) is 4.31 Å². The van der Waals surface area contributed by atoms with E-state index in [1.165, 1.54) is 10.4 Å². The largest absolute Gasteiger partial charge is 0.244 e. The molecule has 1 aromatic rings. The minimum Gasteiger partial charge on any atom is -0.207 e. The van der Waals surface area contributed by atoms with Gasteiger partial charge >= 0.3 is 0 Å². The molecular formula is C15H20N2O2S. The van der Waals surface area contributed by atoms with Crippen LogP contribution < -0.4 is 0 Å². The van der Waals surface area contributed by atoms with E-state index in [1.54, 1.807) is 18.2 Å². The van der Waals surface area contributed by atoms with Crippen LogP contribution in [0.15, 0.2) is 29.2 Å². The van der Waals surface area contributed by atoms with E-state index in [9.17, 15) is 8.42 Å². The van der Waals surface area contributed by atoms with Crippen molar-refractivity contribution in [2.75, 3.05) is 13.1 Å². The van der Waals surface area contributed by atoms with Crippen molar-refractivity contribution in [3.05, 3.63) is 29.8 Å². The highest BCUT2D eigenvalue weighted by atomic mass is 32.2. The summed E-state index contributed by atoms with van der Waals surface area (Å²) < 4.78 is 26.8. The molecule has 0 radical (unpaired) electrons. The van der Waals surface area contributed by atoms with Crippen LogP contribution in [-0.4, -0.2) is 25.8 Å². The molecule has 2 rings (SSSR count). The predicted molar refractivity (Wildman–Crippen MR) is 77.5 cm³/mol. The Morgan fingerprint density at radius 3 is 2.45 bits per heavy atom. The first-order valence-corrected chi connectivity index (χ1v) is 8.36. The molecule has 108 valence electrons. The molecule has 5 heteroatoms. The first-order chi connectivity index (χ1) is 9.43. The van der Waals surface area contributed by atoms with Crippen LogP contribution in [0.5, 0.6) is 0 Å². The Hall–Kier alpha value is -1.38. The molecule has 4 nitrogen and oxygen atoms in total. The average molecular weight is 292 g/mol. The molecule has 1 saturated heterocycles. The first kappa shape index (κ1) is 15.0. The van der Waals surface area contributed by atoms with Crippen molar-refractivity contribution in [3.63, 3.8) is 0 Å². The molecule has 0 amide bonds. The Labute approximate surface area is 121 Å². The Kier molecular flexibility index (Phi) is 4.17. The van der Waals surface area contributed by atoms with Gasteiger partial charge in [-0.15, -0.1) is 0 Å². The molecule has 1 aromatic carbocycles. The minimum absolute atomic E-state index is 0.127. The van der Waals surface area contributed by atoms with Crippen LogP contribution in [0.3, 0.4) is 0 Å². The summed E-state index contributed by atoms with van der Waals surface area (Å²) in [5.74, 6) is 0. The van der Waals surface area contributed by atoms with Gasteiger partial charge in [-0.2, -0.15) is 9.57 Å². The number of piperidine rings is 1. The van der Waals surface area contributed by atoms with Crippen molar-refractivity contribution >= 4 is 10.0 Å². The summed E-state index contributed by atoms with van der Waals surface area (Å²) >= 11 is 0. The van der Waals surface area contributed by atoms with E-state index >= 15 is 0 Å². The lowest BCUT2D eigenvalue weighted by atomic mass is 9.79. The quantitative estimate of drug-likeness (QED) is 0.860. The second-order valence-electron chi connectivity index (χ2n) is 5.68. The molecule has 1 heterocycles. The first-order valence-electron chi connectivity index (χ1n) is 6.92. The van der Waals surface area contributed by atoms with Crippen molar-refractivity contribution < 1.29 is 8.42 Å². The molecule has 0 unspecified atom stereocenters. The van der Waals surface area contributed by atoms with Crippen molar-refractivity contribution in [2.24, 2.45) is 5.41 Å². The minimum atomic E-state index is -3.55. The molecule has 20 heavy (non-hydrogen) atoms. The van der Waals surface area contributed by atoms with Gasteiger partial charge in [0, 0.05) is 13.1 Å². The predicted octanol–water partition coefficient (Wildman–Crippen LogP) is 2.76. The number of hydrogen-bond donors (Lipinski definition) is 0. The standard InChI is InChI=1S/C15H20N2O2S/c1-3-15(2)8-10-17(11-9-15)20(18,19)14-7-5-4-6-13(14)12-16/h4-7H,3,8-11H2,1-2H3. The van der Waals surface area contributed by atoms with Gasteiger partial charge in [0.25, 0.3) is 0 Å². The molecule has 0 saturated carbocycles. The van der Waals surface area contributed by atoms with Gasteiger partial charge in [0.05, 0.1) is 10.5 Å². The lowest BCUT2D eigenvalue weighted by Gasteiger charge is -2.38. The summed E-state index contributed by atoms with van der Waals surface area (Å²) in [5, 5.41) is 9.07. The molecule has 0 spiro atoms. The highest BCUT2D eigenvalue weighted by Crippen LogP contribution is 2.36. The number of nitrogens with zero attached hydrogens (tertiary/aromatic N) is 2. The third-order valence-corrected chi connectivity index (χ3v) is 6.37. The van der Waals surface area contributed by atoms with Gasteiger partial charge in [0.2, 0.25) is 10.0 Å². The Balaban J connectivity index is 2.27. The van der Waals surface area contributed by atoms with Gasteiger partial charge in [-0.05, 0) is 30.4 Å². The van der Waals surface area contributed by atoms with Gasteiger partial charge in [0.15, 0.2) is 0 Å². The second kappa shape index (κ2) is 5.55. The number of sulfonamides is 1. The van der Waals surface area contributed by atoms with E-state index in [-0.39, 0.29) is 15.9 Å². The zero-order valence-corrected chi connectivity index (χ0v) is 12.8. The molecule has 0 aliphatic carbocycles. The number of nitriles is 1. The third kappa shape index (κ3) is 2.72. The molecule has 0 bridgehead atoms. The van der Waals surface area contributed by atoms with Crippen LogP contribution in [0.2, 0.25) is 0 Å². The number of benzene rings is 1. The Morgan fingerprint density at radius 2 is 1.90 bits per heavy atom. The fourth-order valence-electron chi connectivity index (χ4n) is 2.54. The zero-order valence-electron chi connectivity index (χ0n) is 12.0. The summed E-state index contributed by atoms with van der Waals surface area (Å²) in [6.45, 7) is 5.42. The molecule has 1 aliphatic rings. The van der Waals surface area contributed by atoms with E-state index in [2.05, 4.69) is 13.8 Å². The van der Waals surface area contributed by atoms with E-state index in [1.807, 2.05) is 6.07 Å². The second-order valence-corrected chi connectivity index (χ2v) is 7.58. The smallest absolute Gasteiger partial charge is 0.207 e. The van der Waals surface area contributed by atoms with Gasteiger partial charge in [0.1, 0.15) is 6.07 Å². The van der Waals surface area contributed by atoms with Crippen molar-refractivity contribution in [2.45, 2.75) is 38.0 Å². The average Bonchev–Trinajstić information content (AvgIpc) is 2.47. The van der Waals surface area contributed by atoms with E-state index in [0.717, 1.165) is 19.3 Å². The fourth-order valence-corrected chi connectivity index (χ4v) is 4.13. The molecule has 0 N–H and O–H groups in total. The van der Waals surface area contributed by atoms with Crippen LogP contribution in [0.1, 0.15) is 38.7 Å². The summed E-state index contributed by atoms with van der Waals surface area (Å²) in [6, 6.07) is 8.37. The maximum atomic E-state index is 12.6. The van der Waals surface area contributed by atoms with E-state index < -0.39 is 10.0 Å². The van der Waals surface area contributed by atoms with E-state index in [0.29, 0.717) is 13.1 Å². The summed E-state index contributed by atoms with van der Waals surface area (Å²) in [4.78, 5) is 0.127. The maximum absolute atomic E-state index is 12.6. The van der Waals surface area contributed by atoms with Crippen LogP contribution in [0.25, 0.3) is 0 Å². The highest BCUT2D eigenvalue weighted by molar-refractivity contribution is 7.89. The molecule has 1 aliphatic heterocycles. The SMILES string of the molecule is CCC1(C)CCN(S(=O)(=O)c2ccccc2C#N)CC1. The Bertz CT molecular complexity index is 624. The number of rotatable bonds is 3. The molecular weight excluding hydrogens is 272 g/mol. The van der Waals surface area contributed by atoms with Gasteiger partial charge < -0.3 is 0 Å². The summed E-state index contributed by atoms with van der Waals surface area (Å²) in [7, 11) is -3.55. The van der Waals surface area contributed by atoms with E-state index in [4.69, 9.17) is 5.26 Å². The third-order valence-electron chi connectivity index (χ3n) is 4.41. The topological polar surface area (TPSA) is 61.2 Å². The van der Waals surface area contributed by atoms with Gasteiger partial charge in [-0.3, -0.25) is 0 Å². The lowest BCUT2D eigenvalue weighted by molar-refractivity contribution is 0.169. The summed E-state index contributed by atoms with van der Waals surface area (Å²) in [6.07, 6.45) is 2.81.